The number of pyridine rings is 1. The van der Waals surface area contributed by atoms with Crippen LogP contribution in [0.1, 0.15) is 5.69 Å². The molecule has 0 unspecified atom stereocenters. The van der Waals surface area contributed by atoms with Crippen LogP contribution in [0.2, 0.25) is 0 Å². The molecule has 23 heavy (non-hydrogen) atoms. The van der Waals surface area contributed by atoms with Crippen LogP contribution in [0.25, 0.3) is 11.0 Å². The van der Waals surface area contributed by atoms with Crippen molar-refractivity contribution in [2.75, 3.05) is 32.5 Å². The van der Waals surface area contributed by atoms with Gasteiger partial charge in [-0.25, -0.2) is 9.97 Å². The van der Waals surface area contributed by atoms with Crippen LogP contribution in [0.15, 0.2) is 12.3 Å². The molecule has 0 atom stereocenters. The van der Waals surface area contributed by atoms with Crippen LogP contribution in [-0.2, 0) is 0 Å². The Morgan fingerprint density at radius 1 is 1.30 bits per heavy atom. The van der Waals surface area contributed by atoms with Crippen LogP contribution < -0.4 is 9.50 Å². The van der Waals surface area contributed by atoms with Crippen molar-refractivity contribution in [3.8, 4) is 5.75 Å². The molecule has 1 N–H and O–H groups in total. The van der Waals surface area contributed by atoms with Crippen molar-refractivity contribution in [3.05, 3.63) is 18.0 Å². The highest BCUT2D eigenvalue weighted by atomic mass is 32.2. The monoisotopic (exact) mass is 347 g/mol. The minimum atomic E-state index is -4.47. The van der Waals surface area contributed by atoms with Crippen LogP contribution in [0, 0.1) is 6.92 Å². The summed E-state index contributed by atoms with van der Waals surface area (Å²) in [7, 11) is 3.91. The van der Waals surface area contributed by atoms with Gasteiger partial charge in [0.1, 0.15) is 0 Å². The lowest BCUT2D eigenvalue weighted by Crippen LogP contribution is -2.21. The van der Waals surface area contributed by atoms with Gasteiger partial charge in [-0.15, -0.1) is 0 Å². The molecule has 2 aromatic heterocycles. The number of hydrogen-bond acceptors (Lipinski definition) is 7. The molecule has 2 aromatic rings. The Labute approximate surface area is 135 Å². The van der Waals surface area contributed by atoms with Gasteiger partial charge in [0.25, 0.3) is 0 Å². The Hall–Kier alpha value is -1.81. The molecular weight excluding hydrogens is 331 g/mol. The Morgan fingerprint density at radius 2 is 2.04 bits per heavy atom. The molecule has 0 saturated carbocycles. The van der Waals surface area contributed by atoms with Crippen molar-refractivity contribution in [2.24, 2.45) is 0 Å². The third-order valence-electron chi connectivity index (χ3n) is 2.78. The lowest BCUT2D eigenvalue weighted by atomic mass is 10.3. The third-order valence-corrected chi connectivity index (χ3v) is 3.23. The number of anilines is 1. The summed E-state index contributed by atoms with van der Waals surface area (Å²) < 4.78 is 41.3. The summed E-state index contributed by atoms with van der Waals surface area (Å²) >= 11 is -0.571. The van der Waals surface area contributed by atoms with E-state index in [1.165, 1.54) is 12.3 Å². The molecule has 0 fully saturated rings. The largest absolute Gasteiger partial charge is 0.479 e. The van der Waals surface area contributed by atoms with Crippen LogP contribution in [0.4, 0.5) is 19.1 Å². The van der Waals surface area contributed by atoms with E-state index in [1.807, 2.05) is 19.0 Å². The van der Waals surface area contributed by atoms with Crippen molar-refractivity contribution in [3.63, 3.8) is 0 Å². The molecule has 0 amide bonds. The zero-order valence-electron chi connectivity index (χ0n) is 12.8. The maximum atomic E-state index is 12.2. The van der Waals surface area contributed by atoms with Gasteiger partial charge in [-0.3, -0.25) is 0 Å². The van der Waals surface area contributed by atoms with Gasteiger partial charge in [0.2, 0.25) is 5.95 Å². The summed E-state index contributed by atoms with van der Waals surface area (Å²) in [5.74, 6) is 0.460. The van der Waals surface area contributed by atoms with Gasteiger partial charge in [-0.1, -0.05) is 0 Å². The molecule has 0 spiro atoms. The van der Waals surface area contributed by atoms with E-state index >= 15 is 0 Å². The minimum Gasteiger partial charge on any atom is -0.415 e. The van der Waals surface area contributed by atoms with E-state index in [0.29, 0.717) is 29.2 Å². The van der Waals surface area contributed by atoms with Crippen molar-refractivity contribution in [2.45, 2.75) is 12.4 Å². The molecule has 126 valence electrons. The summed E-state index contributed by atoms with van der Waals surface area (Å²) in [6.45, 7) is 3.04. The lowest BCUT2D eigenvalue weighted by Gasteiger charge is -2.11. The molecule has 2 rings (SSSR count). The summed E-state index contributed by atoms with van der Waals surface area (Å²) in [5, 5.41) is 3.57. The summed E-state index contributed by atoms with van der Waals surface area (Å²) in [4.78, 5) is 14.5. The predicted octanol–water partition coefficient (Wildman–Crippen LogP) is 2.85. The van der Waals surface area contributed by atoms with Crippen LogP contribution in [-0.4, -0.2) is 52.5 Å². The normalized spacial score (nSPS) is 12.0. The second-order valence-electron chi connectivity index (χ2n) is 5.02. The van der Waals surface area contributed by atoms with Gasteiger partial charge in [0.15, 0.2) is 23.4 Å². The van der Waals surface area contributed by atoms with Crippen molar-refractivity contribution in [1.82, 2.24) is 19.9 Å². The fraction of sp³-hybridized carbons (Fsp3) is 0.462. The zero-order valence-corrected chi connectivity index (χ0v) is 13.6. The van der Waals surface area contributed by atoms with E-state index < -0.39 is 17.6 Å². The molecule has 0 aliphatic carbocycles. The molecule has 0 aliphatic rings. The number of aromatic nitrogens is 3. The Morgan fingerprint density at radius 3 is 2.70 bits per heavy atom. The predicted molar refractivity (Wildman–Crippen MR) is 83.4 cm³/mol. The van der Waals surface area contributed by atoms with E-state index in [1.54, 1.807) is 6.92 Å². The number of hydrogen-bond donors (Lipinski definition) is 1. The molecule has 0 aromatic carbocycles. The molecule has 0 bridgehead atoms. The molecule has 0 radical (unpaired) electrons. The van der Waals surface area contributed by atoms with Gasteiger partial charge in [-0.05, 0) is 27.1 Å². The molecule has 2 heterocycles. The maximum absolute atomic E-state index is 12.2. The summed E-state index contributed by atoms with van der Waals surface area (Å²) in [6, 6.07) is 1.44. The van der Waals surface area contributed by atoms with E-state index in [0.717, 1.165) is 6.54 Å². The van der Waals surface area contributed by atoms with E-state index in [2.05, 4.69) is 24.5 Å². The molecule has 6 nitrogen and oxygen atoms in total. The Balaban J connectivity index is 2.15. The van der Waals surface area contributed by atoms with Crippen molar-refractivity contribution in [1.29, 1.82) is 0 Å². The second kappa shape index (κ2) is 7.18. The zero-order chi connectivity index (χ0) is 17.0. The SMILES string of the molecule is Cc1nc2nc(NCCN(C)C)ncc2cc1OSC(F)(F)F. The first kappa shape index (κ1) is 17.5. The fourth-order valence-corrected chi connectivity index (χ4v) is 2.04. The topological polar surface area (TPSA) is 63.2 Å². The van der Waals surface area contributed by atoms with Crippen LogP contribution in [0.5, 0.6) is 5.75 Å². The van der Waals surface area contributed by atoms with Crippen LogP contribution in [0.3, 0.4) is 0 Å². The highest BCUT2D eigenvalue weighted by molar-refractivity contribution is 7.95. The average Bonchev–Trinajstić information content (AvgIpc) is 2.43. The number of rotatable bonds is 6. The number of nitrogens with zero attached hydrogens (tertiary/aromatic N) is 4. The smallest absolute Gasteiger partial charge is 0.415 e. The van der Waals surface area contributed by atoms with Crippen molar-refractivity contribution < 1.29 is 17.4 Å². The molecule has 0 saturated heterocycles. The highest BCUT2D eigenvalue weighted by Gasteiger charge is 2.31. The number of halogens is 3. The van der Waals surface area contributed by atoms with Gasteiger partial charge >= 0.3 is 5.51 Å². The minimum absolute atomic E-state index is 0.0386. The second-order valence-corrected chi connectivity index (χ2v) is 5.82. The Bertz CT molecular complexity index is 680. The molecular formula is C13H16F3N5OS. The number of nitrogens with one attached hydrogen (secondary N) is 1. The first-order valence-corrected chi connectivity index (χ1v) is 7.44. The number of fused-ring (bicyclic) bond motifs is 1. The summed E-state index contributed by atoms with van der Waals surface area (Å²) in [6.07, 6.45) is 1.50. The first-order valence-electron chi connectivity index (χ1n) is 6.70. The van der Waals surface area contributed by atoms with Gasteiger partial charge in [-0.2, -0.15) is 18.2 Å². The standard InChI is InChI=1S/C13H16F3N5OS/c1-8-10(22-23-13(14,15)16)6-9-7-18-12(20-11(9)19-8)17-4-5-21(2)3/h6-7H,4-5H2,1-3H3,(H,17,18,19,20). The van der Waals surface area contributed by atoms with E-state index in [-0.39, 0.29) is 5.75 Å². The fourth-order valence-electron chi connectivity index (χ4n) is 1.69. The van der Waals surface area contributed by atoms with Crippen molar-refractivity contribution >= 4 is 29.0 Å². The van der Waals surface area contributed by atoms with E-state index in [4.69, 9.17) is 0 Å². The van der Waals surface area contributed by atoms with Crippen LogP contribution >= 0.6 is 12.0 Å². The molecule has 10 heteroatoms. The molecule has 0 aliphatic heterocycles. The lowest BCUT2D eigenvalue weighted by molar-refractivity contribution is -0.0369. The summed E-state index contributed by atoms with van der Waals surface area (Å²) in [5.41, 5.74) is -3.75. The van der Waals surface area contributed by atoms with Gasteiger partial charge in [0, 0.05) is 24.7 Å². The maximum Gasteiger partial charge on any atom is 0.479 e. The number of aryl methyl sites for hydroxylation is 1. The quantitative estimate of drug-likeness (QED) is 0.806. The van der Waals surface area contributed by atoms with E-state index in [9.17, 15) is 13.2 Å². The van der Waals surface area contributed by atoms with Gasteiger partial charge in [0.05, 0.1) is 5.69 Å². The number of alkyl halides is 3. The first-order chi connectivity index (χ1) is 10.7. The van der Waals surface area contributed by atoms with Gasteiger partial charge < -0.3 is 14.4 Å². The average molecular weight is 347 g/mol. The highest BCUT2D eigenvalue weighted by Crippen LogP contribution is 2.34. The number of likely N-dealkylation sites (N-methyl/N-ethyl adjacent to an activating group) is 1. The third kappa shape index (κ3) is 5.39. The Kier molecular flexibility index (Phi) is 5.47.